The summed E-state index contributed by atoms with van der Waals surface area (Å²) >= 11 is 0. The molecule has 0 aliphatic carbocycles. The number of amides is 1. The first-order valence-electron chi connectivity index (χ1n) is 12.2. The number of primary amides is 1. The molecule has 0 radical (unpaired) electrons. The van der Waals surface area contributed by atoms with E-state index in [2.05, 4.69) is 13.5 Å². The van der Waals surface area contributed by atoms with Gasteiger partial charge in [0.05, 0.1) is 0 Å². The molecule has 0 aliphatic heterocycles. The Labute approximate surface area is 170 Å². The van der Waals surface area contributed by atoms with Gasteiger partial charge in [0.25, 0.3) is 0 Å². The fourth-order valence-corrected chi connectivity index (χ4v) is 3.72. The molecule has 160 valence electrons. The summed E-state index contributed by atoms with van der Waals surface area (Å²) in [7, 11) is 0. The summed E-state index contributed by atoms with van der Waals surface area (Å²) in [6.45, 7) is 5.99. The molecular weight excluding hydrogens is 330 g/mol. The molecule has 27 heavy (non-hydrogen) atoms. The first-order chi connectivity index (χ1) is 13.2. The van der Waals surface area contributed by atoms with Crippen molar-refractivity contribution in [1.82, 2.24) is 0 Å². The normalized spacial score (nSPS) is 11.0. The quantitative estimate of drug-likeness (QED) is 0.149. The summed E-state index contributed by atoms with van der Waals surface area (Å²) in [5.41, 5.74) is 5.76. The fourth-order valence-electron chi connectivity index (χ4n) is 3.72. The van der Waals surface area contributed by atoms with E-state index in [-0.39, 0.29) is 5.91 Å². The molecule has 0 bridgehead atoms. The summed E-state index contributed by atoms with van der Waals surface area (Å²) in [5.74, 6) is -0.340. The highest BCUT2D eigenvalue weighted by atomic mass is 16.1. The van der Waals surface area contributed by atoms with Crippen molar-refractivity contribution >= 4 is 5.91 Å². The van der Waals surface area contributed by atoms with Gasteiger partial charge in [-0.25, -0.2) is 0 Å². The average molecular weight is 380 g/mol. The maximum atomic E-state index is 10.9. The monoisotopic (exact) mass is 379 g/mol. The van der Waals surface area contributed by atoms with Gasteiger partial charge in [-0.15, -0.1) is 0 Å². The topological polar surface area (TPSA) is 43.1 Å². The van der Waals surface area contributed by atoms with Crippen LogP contribution in [-0.2, 0) is 4.79 Å². The number of unbranched alkanes of at least 4 members (excludes halogenated alkanes) is 19. The smallest absolute Gasteiger partial charge is 0.244 e. The van der Waals surface area contributed by atoms with Gasteiger partial charge < -0.3 is 5.73 Å². The fraction of sp³-hybridized carbons (Fsp3) is 0.880. The van der Waals surface area contributed by atoms with Crippen LogP contribution < -0.4 is 5.73 Å². The van der Waals surface area contributed by atoms with Crippen LogP contribution in [0.15, 0.2) is 12.2 Å². The van der Waals surface area contributed by atoms with E-state index in [9.17, 15) is 4.79 Å². The lowest BCUT2D eigenvalue weighted by Gasteiger charge is -2.04. The second-order valence-corrected chi connectivity index (χ2v) is 8.44. The highest BCUT2D eigenvalue weighted by Gasteiger charge is 2.00. The Hall–Kier alpha value is -0.790. The number of hydrogen-bond donors (Lipinski definition) is 1. The van der Waals surface area contributed by atoms with E-state index in [0.717, 1.165) is 12.8 Å². The molecule has 0 spiro atoms. The van der Waals surface area contributed by atoms with Crippen LogP contribution in [0.1, 0.15) is 142 Å². The number of hydrogen-bond acceptors (Lipinski definition) is 1. The van der Waals surface area contributed by atoms with Crippen LogP contribution >= 0.6 is 0 Å². The van der Waals surface area contributed by atoms with Crippen molar-refractivity contribution in [2.75, 3.05) is 0 Å². The van der Waals surface area contributed by atoms with Gasteiger partial charge in [-0.1, -0.05) is 135 Å². The predicted molar refractivity (Wildman–Crippen MR) is 121 cm³/mol. The number of carbonyl (C=O) groups excluding carboxylic acids is 1. The molecule has 0 saturated heterocycles. The van der Waals surface area contributed by atoms with Crippen molar-refractivity contribution in [2.45, 2.75) is 142 Å². The minimum Gasteiger partial charge on any atom is -0.366 e. The van der Waals surface area contributed by atoms with Crippen molar-refractivity contribution in [3.8, 4) is 0 Å². The van der Waals surface area contributed by atoms with Crippen LogP contribution in [0.25, 0.3) is 0 Å². The van der Waals surface area contributed by atoms with Gasteiger partial charge in [-0.3, -0.25) is 4.79 Å². The zero-order chi connectivity index (χ0) is 20.0. The lowest BCUT2D eigenvalue weighted by Crippen LogP contribution is -2.12. The second-order valence-electron chi connectivity index (χ2n) is 8.44. The van der Waals surface area contributed by atoms with Gasteiger partial charge >= 0.3 is 0 Å². The Bertz CT molecular complexity index is 337. The summed E-state index contributed by atoms with van der Waals surface area (Å²) in [4.78, 5) is 10.9. The van der Waals surface area contributed by atoms with Gasteiger partial charge in [0.1, 0.15) is 0 Å². The highest BCUT2D eigenvalue weighted by molar-refractivity contribution is 5.91. The maximum absolute atomic E-state index is 10.9. The van der Waals surface area contributed by atoms with Gasteiger partial charge in [0, 0.05) is 5.57 Å². The largest absolute Gasteiger partial charge is 0.366 e. The molecule has 0 aromatic rings. The van der Waals surface area contributed by atoms with Crippen LogP contribution in [0.3, 0.4) is 0 Å². The molecule has 0 atom stereocenters. The van der Waals surface area contributed by atoms with Gasteiger partial charge in [-0.2, -0.15) is 0 Å². The molecule has 0 saturated carbocycles. The van der Waals surface area contributed by atoms with Crippen molar-refractivity contribution in [1.29, 1.82) is 0 Å². The Morgan fingerprint density at radius 2 is 0.815 bits per heavy atom. The van der Waals surface area contributed by atoms with Crippen molar-refractivity contribution in [2.24, 2.45) is 5.73 Å². The van der Waals surface area contributed by atoms with Crippen LogP contribution in [-0.4, -0.2) is 5.91 Å². The maximum Gasteiger partial charge on any atom is 0.244 e. The van der Waals surface area contributed by atoms with Gasteiger partial charge in [0.2, 0.25) is 5.91 Å². The third kappa shape index (κ3) is 21.4. The molecule has 0 rings (SSSR count). The minimum atomic E-state index is -0.340. The molecule has 0 aliphatic rings. The summed E-state index contributed by atoms with van der Waals surface area (Å²) < 4.78 is 0. The third-order valence-corrected chi connectivity index (χ3v) is 5.68. The predicted octanol–water partition coefficient (Wildman–Crippen LogP) is 8.24. The van der Waals surface area contributed by atoms with Crippen LogP contribution in [0, 0.1) is 0 Å². The first-order valence-corrected chi connectivity index (χ1v) is 12.2. The molecular formula is C25H49NO. The zero-order valence-electron chi connectivity index (χ0n) is 18.5. The second kappa shape index (κ2) is 21.5. The third-order valence-electron chi connectivity index (χ3n) is 5.68. The molecule has 1 amide bonds. The van der Waals surface area contributed by atoms with E-state index in [1.807, 2.05) is 0 Å². The Morgan fingerprint density at radius 3 is 1.07 bits per heavy atom. The zero-order valence-corrected chi connectivity index (χ0v) is 18.5. The lowest BCUT2D eigenvalue weighted by molar-refractivity contribution is -0.114. The van der Waals surface area contributed by atoms with Crippen molar-refractivity contribution < 1.29 is 4.79 Å². The molecule has 2 heteroatoms. The Balaban J connectivity index is 3.05. The van der Waals surface area contributed by atoms with E-state index >= 15 is 0 Å². The van der Waals surface area contributed by atoms with Crippen LogP contribution in [0.5, 0.6) is 0 Å². The van der Waals surface area contributed by atoms with E-state index in [1.165, 1.54) is 122 Å². The SMILES string of the molecule is C=C(CCCCCCCCCCCCCCCCCCCCCC)C(N)=O. The lowest BCUT2D eigenvalue weighted by atomic mass is 10.0. The van der Waals surface area contributed by atoms with Crippen LogP contribution in [0.2, 0.25) is 0 Å². The first kappa shape index (κ1) is 26.2. The molecule has 2 N–H and O–H groups in total. The van der Waals surface area contributed by atoms with E-state index in [1.54, 1.807) is 0 Å². The van der Waals surface area contributed by atoms with Crippen molar-refractivity contribution in [3.05, 3.63) is 12.2 Å². The van der Waals surface area contributed by atoms with E-state index in [0.29, 0.717) is 5.57 Å². The molecule has 2 nitrogen and oxygen atoms in total. The molecule has 0 aromatic heterocycles. The molecule has 0 heterocycles. The summed E-state index contributed by atoms with van der Waals surface area (Å²) in [6.07, 6.45) is 28.6. The van der Waals surface area contributed by atoms with E-state index < -0.39 is 0 Å². The number of nitrogens with two attached hydrogens (primary N) is 1. The van der Waals surface area contributed by atoms with Crippen molar-refractivity contribution in [3.63, 3.8) is 0 Å². The summed E-state index contributed by atoms with van der Waals surface area (Å²) in [5, 5.41) is 0. The highest BCUT2D eigenvalue weighted by Crippen LogP contribution is 2.15. The summed E-state index contributed by atoms with van der Waals surface area (Å²) in [6, 6.07) is 0. The molecule has 0 fully saturated rings. The van der Waals surface area contributed by atoms with Gasteiger partial charge in [-0.05, 0) is 12.8 Å². The Kier molecular flexibility index (Phi) is 20.9. The molecule has 0 aromatic carbocycles. The van der Waals surface area contributed by atoms with E-state index in [4.69, 9.17) is 5.73 Å². The Morgan fingerprint density at radius 1 is 0.556 bits per heavy atom. The minimum absolute atomic E-state index is 0.340. The number of carbonyl (C=O) groups is 1. The van der Waals surface area contributed by atoms with Crippen LogP contribution in [0.4, 0.5) is 0 Å². The molecule has 0 unspecified atom stereocenters. The standard InChI is InChI=1S/C25H49NO/c1-3-4-5-6-7-8-9-10-11-12-13-14-15-16-17-18-19-20-21-22-23-24(2)25(26)27/h2-23H2,1H3,(H2,26,27). The van der Waals surface area contributed by atoms with Gasteiger partial charge in [0.15, 0.2) is 0 Å². The average Bonchev–Trinajstić information content (AvgIpc) is 2.66. The number of rotatable bonds is 22.